The minimum Gasteiger partial charge on any atom is -0.361 e. The molecule has 2 heterocycles. The molecule has 150 valence electrons. The van der Waals surface area contributed by atoms with Gasteiger partial charge in [0.25, 0.3) is 5.56 Å². The quantitative estimate of drug-likeness (QED) is 0.369. The molecule has 4 aromatic rings. The van der Waals surface area contributed by atoms with Crippen LogP contribution in [0.15, 0.2) is 53.3 Å². The zero-order valence-corrected chi connectivity index (χ0v) is 18.1. The number of imidazole rings is 1. The third kappa shape index (κ3) is 4.30. The van der Waals surface area contributed by atoms with Gasteiger partial charge in [-0.1, -0.05) is 50.0 Å². The Bertz CT molecular complexity index is 1210. The first-order valence-electron chi connectivity index (χ1n) is 9.90. The van der Waals surface area contributed by atoms with E-state index in [1.165, 1.54) is 0 Å². The van der Waals surface area contributed by atoms with Gasteiger partial charge in [-0.15, -0.1) is 0 Å². The molecule has 0 spiro atoms. The highest BCUT2D eigenvalue weighted by Crippen LogP contribution is 2.21. The molecular formula is C22H26N4O2Si. The van der Waals surface area contributed by atoms with Crippen LogP contribution in [0, 0.1) is 0 Å². The average Bonchev–Trinajstić information content (AvgIpc) is 3.04. The molecule has 1 N–H and O–H groups in total. The Morgan fingerprint density at radius 2 is 1.76 bits per heavy atom. The van der Waals surface area contributed by atoms with Gasteiger partial charge in [-0.25, -0.2) is 10.1 Å². The van der Waals surface area contributed by atoms with Crippen molar-refractivity contribution in [2.45, 2.75) is 38.8 Å². The summed E-state index contributed by atoms with van der Waals surface area (Å²) in [6.45, 7) is 8.26. The number of rotatable bonds is 7. The van der Waals surface area contributed by atoms with Crippen molar-refractivity contribution in [3.63, 3.8) is 0 Å². The molecule has 0 aliphatic heterocycles. The van der Waals surface area contributed by atoms with Crippen LogP contribution in [0.2, 0.25) is 25.7 Å². The van der Waals surface area contributed by atoms with Gasteiger partial charge in [0.1, 0.15) is 12.6 Å². The minimum atomic E-state index is -1.14. The predicted octanol–water partition coefficient (Wildman–Crippen LogP) is 4.18. The summed E-state index contributed by atoms with van der Waals surface area (Å²) in [5, 5.41) is 8.43. The molecule has 0 bridgehead atoms. The van der Waals surface area contributed by atoms with Crippen LogP contribution in [-0.2, 0) is 17.9 Å². The number of aromatic nitrogens is 4. The molecule has 0 aliphatic carbocycles. The third-order valence-electron chi connectivity index (χ3n) is 5.05. The van der Waals surface area contributed by atoms with Crippen LogP contribution < -0.4 is 5.56 Å². The van der Waals surface area contributed by atoms with Crippen molar-refractivity contribution in [2.24, 2.45) is 0 Å². The molecule has 0 fully saturated rings. The van der Waals surface area contributed by atoms with E-state index in [2.05, 4.69) is 40.5 Å². The summed E-state index contributed by atoms with van der Waals surface area (Å²) in [7, 11) is -1.14. The summed E-state index contributed by atoms with van der Waals surface area (Å²) in [4.78, 5) is 16.9. The standard InChI is InChI=1S/C22H26N4O2Si/c1-29(2,3)13-12-28-15-26-20-11-7-6-10-18(20)23-21(26)14-19-16-8-4-5-9-17(16)22(27)25-24-19/h4-11H,12-15H2,1-3H3,(H,25,27). The van der Waals surface area contributed by atoms with Crippen molar-refractivity contribution in [3.8, 4) is 0 Å². The lowest BCUT2D eigenvalue weighted by Gasteiger charge is -2.16. The average molecular weight is 407 g/mol. The highest BCUT2D eigenvalue weighted by atomic mass is 28.3. The van der Waals surface area contributed by atoms with Crippen molar-refractivity contribution in [3.05, 3.63) is 70.4 Å². The van der Waals surface area contributed by atoms with Crippen LogP contribution in [0.4, 0.5) is 0 Å². The molecule has 29 heavy (non-hydrogen) atoms. The second kappa shape index (κ2) is 7.92. The Balaban J connectivity index is 1.67. The molecule has 4 rings (SSSR count). The summed E-state index contributed by atoms with van der Waals surface area (Å²) < 4.78 is 8.14. The van der Waals surface area contributed by atoms with Crippen molar-refractivity contribution < 1.29 is 4.74 Å². The van der Waals surface area contributed by atoms with E-state index in [-0.39, 0.29) is 5.56 Å². The SMILES string of the molecule is C[Si](C)(C)CCOCn1c(Cc2n[nH]c(=O)c3ccccc23)nc2ccccc21. The van der Waals surface area contributed by atoms with Gasteiger partial charge in [-0.2, -0.15) is 5.10 Å². The van der Waals surface area contributed by atoms with Gasteiger partial charge in [0.05, 0.1) is 28.5 Å². The molecule has 0 unspecified atom stereocenters. The third-order valence-corrected chi connectivity index (χ3v) is 6.76. The Morgan fingerprint density at radius 3 is 2.55 bits per heavy atom. The van der Waals surface area contributed by atoms with E-state index in [1.807, 2.05) is 42.5 Å². The second-order valence-electron chi connectivity index (χ2n) is 8.51. The molecular weight excluding hydrogens is 380 g/mol. The first-order chi connectivity index (χ1) is 13.9. The fraction of sp³-hybridized carbons (Fsp3) is 0.318. The van der Waals surface area contributed by atoms with Gasteiger partial charge in [0, 0.05) is 20.1 Å². The van der Waals surface area contributed by atoms with Gasteiger partial charge in [-0.3, -0.25) is 4.79 Å². The first-order valence-corrected chi connectivity index (χ1v) is 13.6. The zero-order chi connectivity index (χ0) is 20.4. The number of fused-ring (bicyclic) bond motifs is 2. The fourth-order valence-electron chi connectivity index (χ4n) is 3.39. The van der Waals surface area contributed by atoms with Crippen LogP contribution in [0.1, 0.15) is 11.5 Å². The Labute approximate surface area is 170 Å². The Kier molecular flexibility index (Phi) is 5.34. The molecule has 6 nitrogen and oxygen atoms in total. The topological polar surface area (TPSA) is 72.8 Å². The number of nitrogens with one attached hydrogen (secondary N) is 1. The van der Waals surface area contributed by atoms with E-state index >= 15 is 0 Å². The lowest BCUT2D eigenvalue weighted by atomic mass is 10.1. The molecule has 2 aromatic carbocycles. The molecule has 0 radical (unpaired) electrons. The zero-order valence-electron chi connectivity index (χ0n) is 17.1. The Hall–Kier alpha value is -2.77. The summed E-state index contributed by atoms with van der Waals surface area (Å²) in [5.41, 5.74) is 2.61. The van der Waals surface area contributed by atoms with Gasteiger partial charge < -0.3 is 9.30 Å². The van der Waals surface area contributed by atoms with Crippen molar-refractivity contribution in [2.75, 3.05) is 6.61 Å². The van der Waals surface area contributed by atoms with E-state index in [0.717, 1.165) is 40.6 Å². The van der Waals surface area contributed by atoms with Gasteiger partial charge >= 0.3 is 0 Å². The van der Waals surface area contributed by atoms with E-state index in [1.54, 1.807) is 0 Å². The maximum absolute atomic E-state index is 12.1. The monoisotopic (exact) mass is 406 g/mol. The van der Waals surface area contributed by atoms with Crippen molar-refractivity contribution in [1.29, 1.82) is 0 Å². The van der Waals surface area contributed by atoms with E-state index in [0.29, 0.717) is 18.5 Å². The van der Waals surface area contributed by atoms with Crippen LogP contribution >= 0.6 is 0 Å². The molecule has 7 heteroatoms. The van der Waals surface area contributed by atoms with Crippen molar-refractivity contribution >= 4 is 29.9 Å². The highest BCUT2D eigenvalue weighted by Gasteiger charge is 2.16. The summed E-state index contributed by atoms with van der Waals surface area (Å²) in [6.07, 6.45) is 0.517. The minimum absolute atomic E-state index is 0.174. The Morgan fingerprint density at radius 1 is 1.03 bits per heavy atom. The van der Waals surface area contributed by atoms with Crippen LogP contribution in [0.5, 0.6) is 0 Å². The normalized spacial score (nSPS) is 12.1. The van der Waals surface area contributed by atoms with E-state index in [4.69, 9.17) is 9.72 Å². The maximum Gasteiger partial charge on any atom is 0.272 e. The number of nitrogens with zero attached hydrogens (tertiary/aromatic N) is 3. The summed E-state index contributed by atoms with van der Waals surface area (Å²) in [6, 6.07) is 16.7. The second-order valence-corrected chi connectivity index (χ2v) is 14.1. The number of hydrogen-bond donors (Lipinski definition) is 1. The smallest absolute Gasteiger partial charge is 0.272 e. The van der Waals surface area contributed by atoms with Crippen LogP contribution in [0.25, 0.3) is 21.8 Å². The number of benzene rings is 2. The van der Waals surface area contributed by atoms with Crippen molar-refractivity contribution in [1.82, 2.24) is 19.7 Å². The number of hydrogen-bond acceptors (Lipinski definition) is 4. The van der Waals surface area contributed by atoms with Crippen LogP contribution in [-0.4, -0.2) is 34.4 Å². The number of H-pyrrole nitrogens is 1. The largest absolute Gasteiger partial charge is 0.361 e. The number of para-hydroxylation sites is 2. The highest BCUT2D eigenvalue weighted by molar-refractivity contribution is 6.76. The summed E-state index contributed by atoms with van der Waals surface area (Å²) >= 11 is 0. The van der Waals surface area contributed by atoms with E-state index < -0.39 is 8.07 Å². The van der Waals surface area contributed by atoms with Gasteiger partial charge in [0.2, 0.25) is 0 Å². The molecule has 2 aromatic heterocycles. The maximum atomic E-state index is 12.1. The molecule has 0 aliphatic rings. The molecule has 0 atom stereocenters. The first kappa shape index (κ1) is 19.5. The van der Waals surface area contributed by atoms with Gasteiger partial charge in [0.15, 0.2) is 0 Å². The van der Waals surface area contributed by atoms with Gasteiger partial charge in [-0.05, 0) is 24.2 Å². The van der Waals surface area contributed by atoms with Crippen LogP contribution in [0.3, 0.4) is 0 Å². The summed E-state index contributed by atoms with van der Waals surface area (Å²) in [5.74, 6) is 0.879. The lowest BCUT2D eigenvalue weighted by Crippen LogP contribution is -2.22. The molecule has 0 amide bonds. The number of ether oxygens (including phenoxy) is 1. The van der Waals surface area contributed by atoms with E-state index in [9.17, 15) is 4.79 Å². The molecule has 0 saturated heterocycles. The fourth-order valence-corrected chi connectivity index (χ4v) is 4.15. The number of aromatic amines is 1. The molecule has 0 saturated carbocycles. The lowest BCUT2D eigenvalue weighted by molar-refractivity contribution is 0.0881. The predicted molar refractivity (Wildman–Crippen MR) is 119 cm³/mol.